The Balaban J connectivity index is 1.41. The van der Waals surface area contributed by atoms with Crippen molar-refractivity contribution in [2.75, 3.05) is 0 Å². The van der Waals surface area contributed by atoms with Gasteiger partial charge in [0.05, 0.1) is 6.54 Å². The van der Waals surface area contributed by atoms with Crippen LogP contribution in [0.2, 0.25) is 0 Å². The number of benzene rings is 3. The maximum Gasteiger partial charge on any atom is 0.329 e. The molecule has 3 aromatic carbocycles. The molecule has 1 saturated heterocycles. The van der Waals surface area contributed by atoms with Gasteiger partial charge in [0, 0.05) is 5.56 Å². The number of carbonyl (C=O) groups excluding carboxylic acids is 2. The Bertz CT molecular complexity index is 1140. The van der Waals surface area contributed by atoms with E-state index in [0.717, 1.165) is 16.0 Å². The molecule has 0 aromatic heterocycles. The number of halogens is 1. The van der Waals surface area contributed by atoms with Crippen LogP contribution in [0.25, 0.3) is 6.08 Å². The van der Waals surface area contributed by atoms with Crippen LogP contribution in [0.4, 0.5) is 9.18 Å². The van der Waals surface area contributed by atoms with Crippen LogP contribution in [-0.4, -0.2) is 16.8 Å². The average Bonchev–Trinajstić information content (AvgIpc) is 3.03. The molecule has 5 nitrogen and oxygen atoms in total. The number of ether oxygens (including phenoxy) is 1. The fraction of sp³-hybridized carbons (Fsp3) is 0.120. The summed E-state index contributed by atoms with van der Waals surface area (Å²) in [7, 11) is 0. The number of amides is 3. The fourth-order valence-electron chi connectivity index (χ4n) is 3.19. The monoisotopic (exact) mass is 416 g/mol. The summed E-state index contributed by atoms with van der Waals surface area (Å²) >= 11 is 0. The minimum absolute atomic E-state index is 0.125. The molecular weight excluding hydrogens is 395 g/mol. The molecule has 1 fully saturated rings. The molecule has 1 N–H and O–H groups in total. The molecule has 0 atom stereocenters. The Morgan fingerprint density at radius 3 is 2.39 bits per heavy atom. The molecule has 3 amide bonds. The second kappa shape index (κ2) is 8.83. The second-order valence-corrected chi connectivity index (χ2v) is 7.31. The zero-order chi connectivity index (χ0) is 21.8. The van der Waals surface area contributed by atoms with Gasteiger partial charge >= 0.3 is 6.03 Å². The third-order valence-corrected chi connectivity index (χ3v) is 4.97. The molecule has 0 bridgehead atoms. The number of nitrogens with zero attached hydrogens (tertiary/aromatic N) is 1. The smallest absolute Gasteiger partial charge is 0.329 e. The first-order chi connectivity index (χ1) is 15.0. The van der Waals surface area contributed by atoms with Crippen LogP contribution in [0.1, 0.15) is 22.3 Å². The Labute approximate surface area is 179 Å². The van der Waals surface area contributed by atoms with Crippen molar-refractivity contribution in [2.24, 2.45) is 0 Å². The molecule has 0 aliphatic carbocycles. The molecule has 31 heavy (non-hydrogen) atoms. The van der Waals surface area contributed by atoms with E-state index in [0.29, 0.717) is 12.4 Å². The van der Waals surface area contributed by atoms with E-state index in [1.54, 1.807) is 48.5 Å². The number of aryl methyl sites for hydroxylation is 1. The van der Waals surface area contributed by atoms with E-state index in [9.17, 15) is 14.0 Å². The van der Waals surface area contributed by atoms with Gasteiger partial charge in [-0.05, 0) is 42.3 Å². The van der Waals surface area contributed by atoms with Crippen LogP contribution in [0, 0.1) is 12.7 Å². The molecule has 1 heterocycles. The topological polar surface area (TPSA) is 58.6 Å². The van der Waals surface area contributed by atoms with Crippen molar-refractivity contribution in [1.82, 2.24) is 10.2 Å². The van der Waals surface area contributed by atoms with Crippen LogP contribution < -0.4 is 10.1 Å². The number of nitrogens with one attached hydrogen (secondary N) is 1. The summed E-state index contributed by atoms with van der Waals surface area (Å²) in [5.74, 6) is -0.250. The molecule has 1 aliphatic heterocycles. The van der Waals surface area contributed by atoms with Gasteiger partial charge in [0.1, 0.15) is 23.9 Å². The average molecular weight is 416 g/mol. The predicted molar refractivity (Wildman–Crippen MR) is 115 cm³/mol. The lowest BCUT2D eigenvalue weighted by molar-refractivity contribution is -0.123. The van der Waals surface area contributed by atoms with Crippen LogP contribution in [0.3, 0.4) is 0 Å². The highest BCUT2D eigenvalue weighted by molar-refractivity contribution is 6.13. The van der Waals surface area contributed by atoms with Crippen molar-refractivity contribution >= 4 is 18.0 Å². The van der Waals surface area contributed by atoms with Crippen LogP contribution >= 0.6 is 0 Å². The lowest BCUT2D eigenvalue weighted by atomic mass is 10.1. The number of carbonyl (C=O) groups is 2. The van der Waals surface area contributed by atoms with Crippen LogP contribution in [-0.2, 0) is 17.9 Å². The van der Waals surface area contributed by atoms with Crippen LogP contribution in [0.5, 0.6) is 5.75 Å². The zero-order valence-electron chi connectivity index (χ0n) is 17.0. The predicted octanol–water partition coefficient (Wildman–Crippen LogP) is 4.81. The van der Waals surface area contributed by atoms with Crippen molar-refractivity contribution in [2.45, 2.75) is 20.1 Å². The summed E-state index contributed by atoms with van der Waals surface area (Å²) in [5, 5.41) is 2.55. The normalized spacial score (nSPS) is 14.8. The summed E-state index contributed by atoms with van der Waals surface area (Å²) < 4.78 is 19.7. The largest absolute Gasteiger partial charge is 0.489 e. The summed E-state index contributed by atoms with van der Waals surface area (Å²) in [6.07, 6.45) is 1.59. The molecule has 4 rings (SSSR count). The SMILES string of the molecule is Cc1ccc(COc2ccc(/C=C3/NC(=O)N(Cc4ccccc4F)C3=O)cc2)cc1. The van der Waals surface area contributed by atoms with Gasteiger partial charge in [-0.15, -0.1) is 0 Å². The lowest BCUT2D eigenvalue weighted by Crippen LogP contribution is -2.30. The van der Waals surface area contributed by atoms with Gasteiger partial charge in [-0.1, -0.05) is 60.2 Å². The Morgan fingerprint density at radius 2 is 1.68 bits per heavy atom. The quantitative estimate of drug-likeness (QED) is 0.464. The standard InChI is InChI=1S/C25H21FN2O3/c1-17-6-8-19(9-7-17)16-31-21-12-10-18(11-13-21)14-23-24(29)28(25(30)27-23)15-20-4-2-3-5-22(20)26/h2-14H,15-16H2,1H3,(H,27,30)/b23-14+. The first-order valence-electron chi connectivity index (χ1n) is 9.86. The number of urea groups is 1. The van der Waals surface area contributed by atoms with Gasteiger partial charge in [-0.3, -0.25) is 9.69 Å². The first kappa shape index (κ1) is 20.3. The summed E-state index contributed by atoms with van der Waals surface area (Å²) in [5.41, 5.74) is 3.43. The molecule has 3 aromatic rings. The second-order valence-electron chi connectivity index (χ2n) is 7.31. The van der Waals surface area contributed by atoms with E-state index < -0.39 is 17.8 Å². The molecule has 1 aliphatic rings. The van der Waals surface area contributed by atoms with Gasteiger partial charge in [0.15, 0.2) is 0 Å². The summed E-state index contributed by atoms with van der Waals surface area (Å²) in [6, 6.07) is 20.8. The number of imide groups is 1. The van der Waals surface area contributed by atoms with E-state index >= 15 is 0 Å². The van der Waals surface area contributed by atoms with Gasteiger partial charge < -0.3 is 10.1 Å². The third kappa shape index (κ3) is 4.80. The van der Waals surface area contributed by atoms with E-state index in [-0.39, 0.29) is 17.8 Å². The van der Waals surface area contributed by atoms with Gasteiger partial charge in [0.25, 0.3) is 5.91 Å². The molecule has 156 valence electrons. The van der Waals surface area contributed by atoms with Crippen molar-refractivity contribution < 1.29 is 18.7 Å². The molecule has 0 radical (unpaired) electrons. The molecule has 6 heteroatoms. The molecule has 0 unspecified atom stereocenters. The van der Waals surface area contributed by atoms with Crippen LogP contribution in [0.15, 0.2) is 78.5 Å². The highest BCUT2D eigenvalue weighted by atomic mass is 19.1. The summed E-state index contributed by atoms with van der Waals surface area (Å²) in [4.78, 5) is 25.8. The van der Waals surface area contributed by atoms with E-state index in [1.165, 1.54) is 11.6 Å². The molecule has 0 spiro atoms. The number of rotatable bonds is 6. The minimum atomic E-state index is -0.572. The van der Waals surface area contributed by atoms with Gasteiger partial charge in [0.2, 0.25) is 0 Å². The highest BCUT2D eigenvalue weighted by Gasteiger charge is 2.33. The Hall–Kier alpha value is -3.93. The van der Waals surface area contributed by atoms with E-state index in [2.05, 4.69) is 5.32 Å². The van der Waals surface area contributed by atoms with E-state index in [4.69, 9.17) is 4.74 Å². The van der Waals surface area contributed by atoms with Crippen molar-refractivity contribution in [1.29, 1.82) is 0 Å². The van der Waals surface area contributed by atoms with Gasteiger partial charge in [-0.2, -0.15) is 0 Å². The maximum absolute atomic E-state index is 13.9. The Morgan fingerprint density at radius 1 is 0.968 bits per heavy atom. The summed E-state index contributed by atoms with van der Waals surface area (Å²) in [6.45, 7) is 2.37. The fourth-order valence-corrected chi connectivity index (χ4v) is 3.19. The lowest BCUT2D eigenvalue weighted by Gasteiger charge is -2.12. The maximum atomic E-state index is 13.9. The third-order valence-electron chi connectivity index (χ3n) is 4.97. The van der Waals surface area contributed by atoms with Gasteiger partial charge in [-0.25, -0.2) is 9.18 Å². The highest BCUT2D eigenvalue weighted by Crippen LogP contribution is 2.20. The molecule has 0 saturated carbocycles. The number of hydrogen-bond donors (Lipinski definition) is 1. The molecular formula is C25H21FN2O3. The first-order valence-corrected chi connectivity index (χ1v) is 9.86. The van der Waals surface area contributed by atoms with E-state index in [1.807, 2.05) is 31.2 Å². The van der Waals surface area contributed by atoms with Crippen molar-refractivity contribution in [3.63, 3.8) is 0 Å². The van der Waals surface area contributed by atoms with Crippen molar-refractivity contribution in [3.8, 4) is 5.75 Å². The minimum Gasteiger partial charge on any atom is -0.489 e. The Kier molecular flexibility index (Phi) is 5.80. The van der Waals surface area contributed by atoms with Crippen molar-refractivity contribution in [3.05, 3.63) is 107 Å². The number of hydrogen-bond acceptors (Lipinski definition) is 3. The zero-order valence-corrected chi connectivity index (χ0v) is 17.0.